The number of rotatable bonds is 6. The second-order valence-electron chi connectivity index (χ2n) is 7.66. The normalized spacial score (nSPS) is 15.4. The quantitative estimate of drug-likeness (QED) is 0.836. The molecule has 5 heteroatoms. The second-order valence-corrected chi connectivity index (χ2v) is 7.66. The van der Waals surface area contributed by atoms with Gasteiger partial charge in [-0.15, -0.1) is 0 Å². The van der Waals surface area contributed by atoms with Crippen molar-refractivity contribution in [1.29, 1.82) is 0 Å². The van der Waals surface area contributed by atoms with Crippen LogP contribution in [0, 0.1) is 12.8 Å². The van der Waals surface area contributed by atoms with Crippen LogP contribution in [0.15, 0.2) is 30.5 Å². The van der Waals surface area contributed by atoms with Gasteiger partial charge < -0.3 is 10.6 Å². The first-order valence-electron chi connectivity index (χ1n) is 9.70. The summed E-state index contributed by atoms with van der Waals surface area (Å²) in [6.07, 6.45) is 4.79. The Morgan fingerprint density at radius 1 is 1.35 bits per heavy atom. The number of aryl methyl sites for hydroxylation is 1. The summed E-state index contributed by atoms with van der Waals surface area (Å²) in [5, 5.41) is 11.1. The molecule has 1 aliphatic rings. The summed E-state index contributed by atoms with van der Waals surface area (Å²) < 4.78 is 1.97. The lowest BCUT2D eigenvalue weighted by Crippen LogP contribution is -2.30. The Hall–Kier alpha value is -2.14. The molecule has 5 nitrogen and oxygen atoms in total. The molecule has 1 fully saturated rings. The summed E-state index contributed by atoms with van der Waals surface area (Å²) in [5.41, 5.74) is 4.00. The first kappa shape index (κ1) is 18.6. The predicted octanol–water partition coefficient (Wildman–Crippen LogP) is 3.42. The molecule has 1 aromatic carbocycles. The van der Waals surface area contributed by atoms with Crippen LogP contribution in [-0.4, -0.2) is 35.3 Å². The minimum absolute atomic E-state index is 0.00177. The molecular formula is C21H30N4O. The van der Waals surface area contributed by atoms with E-state index in [0.717, 1.165) is 49.3 Å². The standard InChI is InChI=1S/C21H30N4O/c1-15(2)7-12-23-21(26)19-14-24-25(18-6-4-5-16(3)13-18)20(19)17-8-10-22-11-9-17/h4-6,13-15,17,22H,7-12H2,1-3H3,(H,23,26). The average molecular weight is 354 g/mol. The number of carbonyl (C=O) groups excluding carboxylic acids is 1. The van der Waals surface area contributed by atoms with E-state index < -0.39 is 0 Å². The van der Waals surface area contributed by atoms with Crippen LogP contribution in [0.4, 0.5) is 0 Å². The molecule has 1 aliphatic heterocycles. The fourth-order valence-corrected chi connectivity index (χ4v) is 3.56. The van der Waals surface area contributed by atoms with Crippen molar-refractivity contribution in [2.75, 3.05) is 19.6 Å². The zero-order chi connectivity index (χ0) is 18.5. The fraction of sp³-hybridized carbons (Fsp3) is 0.524. The molecule has 0 saturated carbocycles. The number of nitrogens with zero attached hydrogens (tertiary/aromatic N) is 2. The molecule has 2 heterocycles. The zero-order valence-corrected chi connectivity index (χ0v) is 16.1. The summed E-state index contributed by atoms with van der Waals surface area (Å²) in [5.74, 6) is 0.928. The summed E-state index contributed by atoms with van der Waals surface area (Å²) in [6.45, 7) is 9.09. The molecule has 1 saturated heterocycles. The molecule has 0 radical (unpaired) electrons. The number of hydrogen-bond donors (Lipinski definition) is 2. The Labute approximate surface area is 156 Å². The lowest BCUT2D eigenvalue weighted by atomic mass is 9.91. The number of nitrogens with one attached hydrogen (secondary N) is 2. The number of piperidine rings is 1. The number of hydrogen-bond acceptors (Lipinski definition) is 3. The molecular weight excluding hydrogens is 324 g/mol. The topological polar surface area (TPSA) is 59.0 Å². The van der Waals surface area contributed by atoms with Gasteiger partial charge in [-0.3, -0.25) is 4.79 Å². The third-order valence-corrected chi connectivity index (χ3v) is 5.03. The molecule has 0 bridgehead atoms. The van der Waals surface area contributed by atoms with Crippen LogP contribution in [0.2, 0.25) is 0 Å². The summed E-state index contributed by atoms with van der Waals surface area (Å²) in [7, 11) is 0. The van der Waals surface area contributed by atoms with E-state index in [1.165, 1.54) is 5.56 Å². The number of amides is 1. The first-order valence-corrected chi connectivity index (χ1v) is 9.70. The molecule has 1 amide bonds. The SMILES string of the molecule is Cc1cccc(-n2ncc(C(=O)NCCC(C)C)c2C2CCNCC2)c1. The van der Waals surface area contributed by atoms with E-state index in [-0.39, 0.29) is 5.91 Å². The van der Waals surface area contributed by atoms with Gasteiger partial charge >= 0.3 is 0 Å². The van der Waals surface area contributed by atoms with Crippen molar-refractivity contribution in [3.05, 3.63) is 47.3 Å². The van der Waals surface area contributed by atoms with E-state index >= 15 is 0 Å². The van der Waals surface area contributed by atoms with E-state index in [1.807, 2.05) is 10.7 Å². The van der Waals surface area contributed by atoms with Gasteiger partial charge in [0.2, 0.25) is 0 Å². The number of benzene rings is 1. The largest absolute Gasteiger partial charge is 0.352 e. The van der Waals surface area contributed by atoms with Gasteiger partial charge in [-0.1, -0.05) is 26.0 Å². The number of aromatic nitrogens is 2. The van der Waals surface area contributed by atoms with Gasteiger partial charge in [0.25, 0.3) is 5.91 Å². The maximum Gasteiger partial charge on any atom is 0.254 e. The molecule has 2 aromatic rings. The molecule has 0 atom stereocenters. The lowest BCUT2D eigenvalue weighted by molar-refractivity contribution is 0.0950. The minimum atomic E-state index is -0.00177. The third kappa shape index (κ3) is 4.33. The van der Waals surface area contributed by atoms with E-state index in [2.05, 4.69) is 54.7 Å². The fourth-order valence-electron chi connectivity index (χ4n) is 3.56. The lowest BCUT2D eigenvalue weighted by Gasteiger charge is -2.25. The summed E-state index contributed by atoms with van der Waals surface area (Å²) in [6, 6.07) is 8.31. The van der Waals surface area contributed by atoms with E-state index in [0.29, 0.717) is 18.4 Å². The van der Waals surface area contributed by atoms with Crippen molar-refractivity contribution in [3.8, 4) is 5.69 Å². The molecule has 2 N–H and O–H groups in total. The highest BCUT2D eigenvalue weighted by Crippen LogP contribution is 2.30. The Bertz CT molecular complexity index is 744. The predicted molar refractivity (Wildman–Crippen MR) is 105 cm³/mol. The van der Waals surface area contributed by atoms with Gasteiger partial charge in [-0.05, 0) is 62.9 Å². The number of carbonyl (C=O) groups is 1. The highest BCUT2D eigenvalue weighted by molar-refractivity contribution is 5.95. The highest BCUT2D eigenvalue weighted by Gasteiger charge is 2.26. The van der Waals surface area contributed by atoms with Crippen molar-refractivity contribution in [2.45, 2.75) is 46.0 Å². The monoisotopic (exact) mass is 354 g/mol. The van der Waals surface area contributed by atoms with Crippen LogP contribution < -0.4 is 10.6 Å². The van der Waals surface area contributed by atoms with Gasteiger partial charge in [0.15, 0.2) is 0 Å². The first-order chi connectivity index (χ1) is 12.6. The van der Waals surface area contributed by atoms with Crippen LogP contribution in [-0.2, 0) is 0 Å². The van der Waals surface area contributed by atoms with Gasteiger partial charge in [0.1, 0.15) is 0 Å². The van der Waals surface area contributed by atoms with Crippen molar-refractivity contribution < 1.29 is 4.79 Å². The average Bonchev–Trinajstić information content (AvgIpc) is 3.07. The van der Waals surface area contributed by atoms with Crippen LogP contribution in [0.5, 0.6) is 0 Å². The van der Waals surface area contributed by atoms with Gasteiger partial charge in [-0.2, -0.15) is 5.10 Å². The molecule has 26 heavy (non-hydrogen) atoms. The van der Waals surface area contributed by atoms with E-state index in [9.17, 15) is 4.79 Å². The molecule has 0 spiro atoms. The minimum Gasteiger partial charge on any atom is -0.352 e. The van der Waals surface area contributed by atoms with Gasteiger partial charge in [0, 0.05) is 12.5 Å². The third-order valence-electron chi connectivity index (χ3n) is 5.03. The molecule has 0 unspecified atom stereocenters. The maximum atomic E-state index is 12.8. The van der Waals surface area contributed by atoms with Crippen molar-refractivity contribution >= 4 is 5.91 Å². The van der Waals surface area contributed by atoms with Crippen LogP contribution in [0.25, 0.3) is 5.69 Å². The van der Waals surface area contributed by atoms with Crippen molar-refractivity contribution in [3.63, 3.8) is 0 Å². The second kappa shape index (κ2) is 8.49. The molecule has 1 aromatic heterocycles. The highest BCUT2D eigenvalue weighted by atomic mass is 16.1. The van der Waals surface area contributed by atoms with Crippen LogP contribution in [0.1, 0.15) is 60.6 Å². The Morgan fingerprint density at radius 3 is 2.81 bits per heavy atom. The molecule has 3 rings (SSSR count). The summed E-state index contributed by atoms with van der Waals surface area (Å²) >= 11 is 0. The molecule has 140 valence electrons. The van der Waals surface area contributed by atoms with Gasteiger partial charge in [-0.25, -0.2) is 4.68 Å². The Morgan fingerprint density at radius 2 is 2.12 bits per heavy atom. The van der Waals surface area contributed by atoms with Crippen LogP contribution >= 0.6 is 0 Å². The van der Waals surface area contributed by atoms with Crippen molar-refractivity contribution in [2.24, 2.45) is 5.92 Å². The molecule has 0 aliphatic carbocycles. The van der Waals surface area contributed by atoms with Gasteiger partial charge in [0.05, 0.1) is 23.1 Å². The van der Waals surface area contributed by atoms with E-state index in [1.54, 1.807) is 6.20 Å². The van der Waals surface area contributed by atoms with E-state index in [4.69, 9.17) is 0 Å². The summed E-state index contributed by atoms with van der Waals surface area (Å²) in [4.78, 5) is 12.8. The van der Waals surface area contributed by atoms with Crippen LogP contribution in [0.3, 0.4) is 0 Å². The zero-order valence-electron chi connectivity index (χ0n) is 16.1. The smallest absolute Gasteiger partial charge is 0.254 e. The Balaban J connectivity index is 1.92. The Kier molecular flexibility index (Phi) is 6.09. The van der Waals surface area contributed by atoms with Crippen molar-refractivity contribution in [1.82, 2.24) is 20.4 Å². The maximum absolute atomic E-state index is 12.8.